The van der Waals surface area contributed by atoms with Gasteiger partial charge in [0.1, 0.15) is 11.8 Å². The minimum atomic E-state index is -0.877. The van der Waals surface area contributed by atoms with Crippen molar-refractivity contribution in [2.24, 2.45) is 5.92 Å². The molecular weight excluding hydrogens is 295 g/mol. The summed E-state index contributed by atoms with van der Waals surface area (Å²) >= 11 is 0. The van der Waals surface area contributed by atoms with Crippen LogP contribution in [0.3, 0.4) is 0 Å². The Morgan fingerprint density at radius 2 is 2.09 bits per heavy atom. The van der Waals surface area contributed by atoms with E-state index < -0.39 is 11.9 Å². The summed E-state index contributed by atoms with van der Waals surface area (Å²) in [7, 11) is 0. The second-order valence-corrected chi connectivity index (χ2v) is 6.22. The van der Waals surface area contributed by atoms with Gasteiger partial charge in [-0.15, -0.1) is 0 Å². The average molecular weight is 310 g/mol. The van der Waals surface area contributed by atoms with Crippen LogP contribution in [0, 0.1) is 11.7 Å². The lowest BCUT2D eigenvalue weighted by molar-refractivity contribution is 0.0492. The first kappa shape index (κ1) is 13.0. The lowest BCUT2D eigenvalue weighted by Crippen LogP contribution is -2.31. The molecule has 3 aromatic rings. The van der Waals surface area contributed by atoms with Gasteiger partial charge in [-0.05, 0) is 12.0 Å². The fourth-order valence-corrected chi connectivity index (χ4v) is 4.12. The standard InChI is InChI=1S/C17H15FN4O/c18-13-7-20-22-6-5-12(17(23)16(13)22)15-11-4-2-1-3-10(11)14-8-19-9-21(14)15/h1-4,7-9,12,15,17,23H,5-6H2/t12-,15?,17+/m0/s1. The summed E-state index contributed by atoms with van der Waals surface area (Å²) < 4.78 is 17.7. The number of rotatable bonds is 1. The van der Waals surface area contributed by atoms with Crippen molar-refractivity contribution in [3.63, 3.8) is 0 Å². The van der Waals surface area contributed by atoms with Gasteiger partial charge in [0.05, 0.1) is 30.5 Å². The summed E-state index contributed by atoms with van der Waals surface area (Å²) in [6, 6.07) is 8.14. The molecule has 4 heterocycles. The van der Waals surface area contributed by atoms with E-state index in [4.69, 9.17) is 0 Å². The van der Waals surface area contributed by atoms with Crippen LogP contribution in [0.5, 0.6) is 0 Å². The van der Waals surface area contributed by atoms with E-state index in [1.54, 1.807) is 11.0 Å². The molecule has 23 heavy (non-hydrogen) atoms. The third-order valence-corrected chi connectivity index (χ3v) is 5.12. The molecule has 0 saturated heterocycles. The van der Waals surface area contributed by atoms with Gasteiger partial charge in [0, 0.05) is 18.0 Å². The Morgan fingerprint density at radius 1 is 1.22 bits per heavy atom. The maximum absolute atomic E-state index is 14.0. The number of hydrogen-bond donors (Lipinski definition) is 1. The second kappa shape index (κ2) is 4.52. The Balaban J connectivity index is 1.65. The van der Waals surface area contributed by atoms with Gasteiger partial charge in [0.2, 0.25) is 0 Å². The third-order valence-electron chi connectivity index (χ3n) is 5.12. The van der Waals surface area contributed by atoms with E-state index in [9.17, 15) is 9.50 Å². The van der Waals surface area contributed by atoms with Crippen LogP contribution in [0.25, 0.3) is 11.3 Å². The first-order chi connectivity index (χ1) is 11.3. The van der Waals surface area contributed by atoms with Crippen molar-refractivity contribution in [3.05, 3.63) is 60.1 Å². The molecular formula is C17H15FN4O. The molecule has 0 spiro atoms. The Morgan fingerprint density at radius 3 is 3.00 bits per heavy atom. The van der Waals surface area contributed by atoms with Crippen LogP contribution in [0.1, 0.15) is 29.8 Å². The zero-order valence-corrected chi connectivity index (χ0v) is 12.3. The molecule has 2 aliphatic heterocycles. The highest BCUT2D eigenvalue weighted by Crippen LogP contribution is 2.48. The van der Waals surface area contributed by atoms with Crippen molar-refractivity contribution >= 4 is 0 Å². The van der Waals surface area contributed by atoms with Crippen LogP contribution in [0.4, 0.5) is 4.39 Å². The minimum Gasteiger partial charge on any atom is -0.386 e. The number of hydrogen-bond acceptors (Lipinski definition) is 3. The number of aliphatic hydroxyl groups excluding tert-OH is 1. The van der Waals surface area contributed by atoms with Gasteiger partial charge in [0.15, 0.2) is 5.82 Å². The van der Waals surface area contributed by atoms with Gasteiger partial charge in [-0.1, -0.05) is 24.3 Å². The molecule has 0 radical (unpaired) electrons. The van der Waals surface area contributed by atoms with Crippen molar-refractivity contribution in [2.45, 2.75) is 25.1 Å². The molecule has 1 aromatic carbocycles. The highest BCUT2D eigenvalue weighted by Gasteiger charge is 2.42. The number of nitrogens with zero attached hydrogens (tertiary/aromatic N) is 4. The summed E-state index contributed by atoms with van der Waals surface area (Å²) in [5, 5.41) is 14.8. The summed E-state index contributed by atoms with van der Waals surface area (Å²) in [6.07, 6.45) is 4.70. The van der Waals surface area contributed by atoms with Crippen LogP contribution >= 0.6 is 0 Å². The summed E-state index contributed by atoms with van der Waals surface area (Å²) in [4.78, 5) is 4.25. The number of fused-ring (bicyclic) bond motifs is 4. The van der Waals surface area contributed by atoms with Crippen molar-refractivity contribution in [2.75, 3.05) is 0 Å². The molecule has 116 valence electrons. The van der Waals surface area contributed by atoms with Crippen LogP contribution in [0.2, 0.25) is 0 Å². The van der Waals surface area contributed by atoms with E-state index in [1.165, 1.54) is 11.8 Å². The summed E-state index contributed by atoms with van der Waals surface area (Å²) in [5.74, 6) is -0.537. The maximum atomic E-state index is 14.0. The number of aryl methyl sites for hydroxylation is 1. The number of benzene rings is 1. The van der Waals surface area contributed by atoms with E-state index in [-0.39, 0.29) is 12.0 Å². The van der Waals surface area contributed by atoms with Crippen molar-refractivity contribution < 1.29 is 9.50 Å². The van der Waals surface area contributed by atoms with E-state index in [1.807, 2.05) is 18.3 Å². The zero-order chi connectivity index (χ0) is 15.6. The van der Waals surface area contributed by atoms with Gasteiger partial charge in [-0.2, -0.15) is 5.10 Å². The minimum absolute atomic E-state index is 0.0262. The zero-order valence-electron chi connectivity index (χ0n) is 12.3. The first-order valence-electron chi connectivity index (χ1n) is 7.76. The van der Waals surface area contributed by atoms with Gasteiger partial charge < -0.3 is 9.67 Å². The number of imidazole rings is 1. The summed E-state index contributed by atoms with van der Waals surface area (Å²) in [6.45, 7) is 0.615. The van der Waals surface area contributed by atoms with Gasteiger partial charge in [0.25, 0.3) is 0 Å². The highest BCUT2D eigenvalue weighted by atomic mass is 19.1. The molecule has 5 nitrogen and oxygen atoms in total. The molecule has 2 aromatic heterocycles. The Hall–Kier alpha value is -2.47. The van der Waals surface area contributed by atoms with Crippen molar-refractivity contribution in [1.82, 2.24) is 19.3 Å². The normalized spacial score (nSPS) is 25.0. The van der Waals surface area contributed by atoms with Crippen LogP contribution in [-0.2, 0) is 6.54 Å². The smallest absolute Gasteiger partial charge is 0.166 e. The molecule has 2 aliphatic rings. The first-order valence-corrected chi connectivity index (χ1v) is 7.76. The Bertz CT molecular complexity index is 900. The largest absolute Gasteiger partial charge is 0.386 e. The Labute approximate surface area is 132 Å². The van der Waals surface area contributed by atoms with Crippen LogP contribution in [-0.4, -0.2) is 24.4 Å². The molecule has 0 aliphatic carbocycles. The molecule has 5 rings (SSSR count). The molecule has 0 saturated carbocycles. The SMILES string of the molecule is O[C@H]1c2c(F)cnn2CC[C@H]1C1c2ccccc2-c2cncn21. The highest BCUT2D eigenvalue weighted by molar-refractivity contribution is 5.69. The third kappa shape index (κ3) is 1.64. The van der Waals surface area contributed by atoms with E-state index >= 15 is 0 Å². The van der Waals surface area contributed by atoms with Crippen LogP contribution in [0.15, 0.2) is 43.0 Å². The molecule has 1 unspecified atom stereocenters. The maximum Gasteiger partial charge on any atom is 0.166 e. The molecule has 3 atom stereocenters. The van der Waals surface area contributed by atoms with Gasteiger partial charge in [-0.25, -0.2) is 9.37 Å². The average Bonchev–Trinajstić information content (AvgIpc) is 3.23. The number of halogens is 1. The quantitative estimate of drug-likeness (QED) is 0.751. The van der Waals surface area contributed by atoms with E-state index in [0.717, 1.165) is 17.7 Å². The Kier molecular flexibility index (Phi) is 2.56. The van der Waals surface area contributed by atoms with E-state index in [0.29, 0.717) is 12.2 Å². The molecule has 6 heteroatoms. The monoisotopic (exact) mass is 310 g/mol. The van der Waals surface area contributed by atoms with Gasteiger partial charge in [-0.3, -0.25) is 4.68 Å². The predicted molar refractivity (Wildman–Crippen MR) is 81.1 cm³/mol. The topological polar surface area (TPSA) is 55.9 Å². The lowest BCUT2D eigenvalue weighted by Gasteiger charge is -2.34. The predicted octanol–water partition coefficient (Wildman–Crippen LogP) is 2.54. The van der Waals surface area contributed by atoms with Crippen LogP contribution < -0.4 is 0 Å². The molecule has 0 amide bonds. The fraction of sp³-hybridized carbons (Fsp3) is 0.294. The molecule has 1 N–H and O–H groups in total. The summed E-state index contributed by atoms with van der Waals surface area (Å²) in [5.41, 5.74) is 3.66. The van der Waals surface area contributed by atoms with E-state index in [2.05, 4.69) is 26.8 Å². The van der Waals surface area contributed by atoms with Crippen molar-refractivity contribution in [1.29, 1.82) is 0 Å². The fourth-order valence-electron chi connectivity index (χ4n) is 4.12. The molecule has 0 bridgehead atoms. The second-order valence-electron chi connectivity index (χ2n) is 6.22. The number of aromatic nitrogens is 4. The van der Waals surface area contributed by atoms with Crippen molar-refractivity contribution in [3.8, 4) is 11.3 Å². The number of aliphatic hydroxyl groups is 1. The van der Waals surface area contributed by atoms with Gasteiger partial charge >= 0.3 is 0 Å². The molecule has 0 fully saturated rings. The lowest BCUT2D eigenvalue weighted by atomic mass is 9.83.